The van der Waals surface area contributed by atoms with Gasteiger partial charge >= 0.3 is 0 Å². The van der Waals surface area contributed by atoms with Crippen LogP contribution < -0.4 is 17.1 Å². The van der Waals surface area contributed by atoms with E-state index in [1.54, 1.807) is 5.01 Å². The molecule has 0 radical (unpaired) electrons. The maximum absolute atomic E-state index is 5.59. The van der Waals surface area contributed by atoms with Gasteiger partial charge in [-0.15, -0.1) is 0 Å². The summed E-state index contributed by atoms with van der Waals surface area (Å²) in [6.07, 6.45) is 0. The highest BCUT2D eigenvalue weighted by Crippen LogP contribution is 1.86. The summed E-state index contributed by atoms with van der Waals surface area (Å²) in [6, 6.07) is 0.257. The molecule has 0 aromatic heterocycles. The highest BCUT2D eigenvalue weighted by Gasteiger charge is 2.02. The van der Waals surface area contributed by atoms with Crippen molar-refractivity contribution < 1.29 is 0 Å². The minimum atomic E-state index is 0.257. The van der Waals surface area contributed by atoms with Crippen LogP contribution in [0.2, 0.25) is 0 Å². The van der Waals surface area contributed by atoms with E-state index in [4.69, 9.17) is 11.7 Å². The number of nitrogens with two attached hydrogens (primary N) is 2. The van der Waals surface area contributed by atoms with E-state index in [1.165, 1.54) is 0 Å². The molecular weight excluding hydrogens is 243 g/mol. The summed E-state index contributed by atoms with van der Waals surface area (Å²) in [4.78, 5) is 0. The van der Waals surface area contributed by atoms with Crippen LogP contribution in [0, 0.1) is 0 Å². The van der Waals surface area contributed by atoms with Crippen molar-refractivity contribution in [3.8, 4) is 0 Å². The fourth-order valence-electron chi connectivity index (χ4n) is 0.604. The third-order valence-corrected chi connectivity index (χ3v) is 1.65. The normalized spacial score (nSPS) is 14.1. The Morgan fingerprint density at radius 2 is 2.30 bits per heavy atom. The summed E-state index contributed by atoms with van der Waals surface area (Å²) in [5, 5.41) is 1.76. The molecule has 0 amide bonds. The number of nitrogens with one attached hydrogen (secondary N) is 1. The van der Waals surface area contributed by atoms with Crippen molar-refractivity contribution >= 4 is 22.6 Å². The van der Waals surface area contributed by atoms with Crippen molar-refractivity contribution in [2.75, 3.05) is 17.5 Å². The van der Waals surface area contributed by atoms with Gasteiger partial charge in [0, 0.05) is 23.6 Å². The molecule has 0 fully saturated rings. The molecule has 0 saturated heterocycles. The smallest absolute Gasteiger partial charge is 0.0323 e. The zero-order valence-corrected chi connectivity index (χ0v) is 8.34. The zero-order valence-electron chi connectivity index (χ0n) is 6.18. The van der Waals surface area contributed by atoms with E-state index < -0.39 is 0 Å². The van der Waals surface area contributed by atoms with Gasteiger partial charge in [0.05, 0.1) is 0 Å². The average molecular weight is 258 g/mol. The highest BCUT2D eigenvalue weighted by atomic mass is 127. The van der Waals surface area contributed by atoms with Crippen molar-refractivity contribution in [1.82, 2.24) is 10.4 Å². The molecule has 0 saturated carbocycles. The molecule has 0 rings (SSSR count). The predicted molar refractivity (Wildman–Crippen MR) is 51.4 cm³/mol. The molecule has 0 aromatic carbocycles. The number of hydrogen-bond donors (Lipinski definition) is 3. The number of hydrazine groups is 2. The quantitative estimate of drug-likeness (QED) is 0.268. The monoisotopic (exact) mass is 258 g/mol. The lowest BCUT2D eigenvalue weighted by Crippen LogP contribution is -2.45. The summed E-state index contributed by atoms with van der Waals surface area (Å²) in [6.45, 7) is 3.69. The Hall–Kier alpha value is 0.570. The Balaban J connectivity index is 3.27. The third-order valence-electron chi connectivity index (χ3n) is 1.16. The molecule has 0 spiro atoms. The zero-order chi connectivity index (χ0) is 7.98. The third kappa shape index (κ3) is 5.36. The molecule has 0 aromatic rings. The molecule has 5 heteroatoms. The van der Waals surface area contributed by atoms with E-state index >= 15 is 0 Å². The summed E-state index contributed by atoms with van der Waals surface area (Å²) in [7, 11) is 0. The molecule has 10 heavy (non-hydrogen) atoms. The van der Waals surface area contributed by atoms with E-state index in [1.807, 2.05) is 6.92 Å². The Bertz CT molecular complexity index is 80.0. The van der Waals surface area contributed by atoms with Gasteiger partial charge in [0.2, 0.25) is 0 Å². The van der Waals surface area contributed by atoms with E-state index in [9.17, 15) is 0 Å². The fourth-order valence-corrected chi connectivity index (χ4v) is 1.22. The van der Waals surface area contributed by atoms with E-state index in [0.717, 1.165) is 17.5 Å². The average Bonchev–Trinajstić information content (AvgIpc) is 1.88. The molecule has 62 valence electrons. The number of alkyl halides is 1. The van der Waals surface area contributed by atoms with Crippen LogP contribution in [0.4, 0.5) is 0 Å². The van der Waals surface area contributed by atoms with Crippen LogP contribution >= 0.6 is 22.6 Å². The van der Waals surface area contributed by atoms with Crippen LogP contribution in [0.3, 0.4) is 0 Å². The van der Waals surface area contributed by atoms with Crippen LogP contribution in [-0.2, 0) is 0 Å². The second kappa shape index (κ2) is 6.29. The Morgan fingerprint density at radius 3 is 2.70 bits per heavy atom. The van der Waals surface area contributed by atoms with Crippen molar-refractivity contribution in [3.05, 3.63) is 0 Å². The maximum atomic E-state index is 5.59. The van der Waals surface area contributed by atoms with E-state index in [0.29, 0.717) is 0 Å². The largest absolute Gasteiger partial charge is 0.271 e. The minimum absolute atomic E-state index is 0.257. The number of rotatable bonds is 5. The highest BCUT2D eigenvalue weighted by molar-refractivity contribution is 14.1. The van der Waals surface area contributed by atoms with Gasteiger partial charge in [-0.3, -0.25) is 17.1 Å². The van der Waals surface area contributed by atoms with Gasteiger partial charge in [0.1, 0.15) is 0 Å². The molecule has 0 aliphatic rings. The summed E-state index contributed by atoms with van der Waals surface area (Å²) >= 11 is 2.29. The molecule has 5 N–H and O–H groups in total. The number of hydrogen-bond acceptors (Lipinski definition) is 4. The van der Waals surface area contributed by atoms with Crippen LogP contribution in [-0.4, -0.2) is 28.6 Å². The first-order chi connectivity index (χ1) is 4.70. The first-order valence-electron chi connectivity index (χ1n) is 3.22. The molecule has 0 bridgehead atoms. The molecule has 1 unspecified atom stereocenters. The van der Waals surface area contributed by atoms with Gasteiger partial charge in [0.15, 0.2) is 0 Å². The lowest BCUT2D eigenvalue weighted by molar-refractivity contribution is 0.271. The first kappa shape index (κ1) is 10.6. The van der Waals surface area contributed by atoms with E-state index in [-0.39, 0.29) is 6.04 Å². The van der Waals surface area contributed by atoms with Gasteiger partial charge in [-0.1, -0.05) is 22.6 Å². The minimum Gasteiger partial charge on any atom is -0.271 e. The second-order valence-corrected chi connectivity index (χ2v) is 3.33. The Kier molecular flexibility index (Phi) is 6.65. The van der Waals surface area contributed by atoms with Gasteiger partial charge in [0.25, 0.3) is 0 Å². The molecule has 0 aliphatic carbocycles. The standard InChI is InChI=1S/C5H15IN4/c1-5(9-7)4-10(8)3-2-6/h5,9H,2-4,7-8H2,1H3. The van der Waals surface area contributed by atoms with Crippen LogP contribution in [0.25, 0.3) is 0 Å². The van der Waals surface area contributed by atoms with Crippen molar-refractivity contribution in [2.45, 2.75) is 13.0 Å². The van der Waals surface area contributed by atoms with Crippen molar-refractivity contribution in [2.24, 2.45) is 11.7 Å². The Labute approximate surface area is 75.4 Å². The SMILES string of the molecule is CC(CN(N)CCI)NN. The van der Waals surface area contributed by atoms with Gasteiger partial charge in [-0.2, -0.15) is 0 Å². The van der Waals surface area contributed by atoms with Gasteiger partial charge in [-0.05, 0) is 6.92 Å². The lowest BCUT2D eigenvalue weighted by atomic mass is 10.3. The van der Waals surface area contributed by atoms with Crippen LogP contribution in [0.5, 0.6) is 0 Å². The molecule has 0 heterocycles. The first-order valence-corrected chi connectivity index (χ1v) is 4.75. The molecular formula is C5H15IN4. The number of halogens is 1. The van der Waals surface area contributed by atoms with Crippen molar-refractivity contribution in [3.63, 3.8) is 0 Å². The van der Waals surface area contributed by atoms with Gasteiger partial charge < -0.3 is 0 Å². The Morgan fingerprint density at radius 1 is 1.70 bits per heavy atom. The number of nitrogens with zero attached hydrogens (tertiary/aromatic N) is 1. The predicted octanol–water partition coefficient (Wildman–Crippen LogP) is -0.551. The maximum Gasteiger partial charge on any atom is 0.0323 e. The second-order valence-electron chi connectivity index (χ2n) is 2.25. The van der Waals surface area contributed by atoms with Crippen LogP contribution in [0.1, 0.15) is 6.92 Å². The fraction of sp³-hybridized carbons (Fsp3) is 1.00. The van der Waals surface area contributed by atoms with E-state index in [2.05, 4.69) is 28.0 Å². The van der Waals surface area contributed by atoms with Crippen molar-refractivity contribution in [1.29, 1.82) is 0 Å². The topological polar surface area (TPSA) is 67.3 Å². The molecule has 1 atom stereocenters. The molecule has 0 aliphatic heterocycles. The summed E-state index contributed by atoms with van der Waals surface area (Å²) in [5.41, 5.74) is 2.63. The van der Waals surface area contributed by atoms with Gasteiger partial charge in [-0.25, -0.2) is 5.01 Å². The lowest BCUT2D eigenvalue weighted by Gasteiger charge is -2.18. The van der Waals surface area contributed by atoms with Crippen LogP contribution in [0.15, 0.2) is 0 Å². The molecule has 4 nitrogen and oxygen atoms in total. The summed E-state index contributed by atoms with van der Waals surface area (Å²) < 4.78 is 1.05. The summed E-state index contributed by atoms with van der Waals surface area (Å²) in [5.74, 6) is 10.8.